The van der Waals surface area contributed by atoms with Crippen molar-refractivity contribution in [2.24, 2.45) is 11.8 Å². The Morgan fingerprint density at radius 2 is 1.83 bits per heavy atom. The number of nitrogens with zero attached hydrogens (tertiary/aromatic N) is 1. The van der Waals surface area contributed by atoms with Gasteiger partial charge in [-0.1, -0.05) is 6.42 Å². The minimum atomic E-state index is 0. The number of carbonyl (C=O) groups is 1. The van der Waals surface area contributed by atoms with Crippen LogP contribution in [-0.2, 0) is 4.79 Å². The molecule has 0 bridgehead atoms. The second-order valence-corrected chi connectivity index (χ2v) is 5.72. The summed E-state index contributed by atoms with van der Waals surface area (Å²) in [5, 5.41) is 3.21. The van der Waals surface area contributed by atoms with Gasteiger partial charge < -0.3 is 10.2 Å². The van der Waals surface area contributed by atoms with Crippen molar-refractivity contribution in [2.45, 2.75) is 44.9 Å². The highest BCUT2D eigenvalue weighted by Crippen LogP contribution is 2.30. The van der Waals surface area contributed by atoms with Crippen LogP contribution in [0.2, 0.25) is 0 Å². The van der Waals surface area contributed by atoms with Gasteiger partial charge in [-0.2, -0.15) is 0 Å². The summed E-state index contributed by atoms with van der Waals surface area (Å²) in [6.07, 6.45) is 8.40. The van der Waals surface area contributed by atoms with E-state index in [4.69, 9.17) is 0 Å². The smallest absolute Gasteiger partial charge is 0.222 e. The summed E-state index contributed by atoms with van der Waals surface area (Å²) in [6.45, 7) is 3.11. The quantitative estimate of drug-likeness (QED) is 0.835. The van der Waals surface area contributed by atoms with Gasteiger partial charge in [0.25, 0.3) is 0 Å². The molecule has 2 rings (SSSR count). The molecule has 3 nitrogen and oxygen atoms in total. The first kappa shape index (κ1) is 15.8. The number of carbonyl (C=O) groups excluding carboxylic acids is 1. The maximum atomic E-state index is 12.0. The van der Waals surface area contributed by atoms with Gasteiger partial charge in [0.15, 0.2) is 0 Å². The maximum Gasteiger partial charge on any atom is 0.222 e. The fraction of sp³-hybridized carbons (Fsp3) is 0.929. The first-order valence-corrected chi connectivity index (χ1v) is 7.22. The monoisotopic (exact) mass is 274 g/mol. The zero-order chi connectivity index (χ0) is 12.1. The molecule has 0 radical (unpaired) electrons. The SMILES string of the molecule is CNCCC1CCN(C(=O)CC2CCC2)CC1.Cl. The molecule has 1 N–H and O–H groups in total. The summed E-state index contributed by atoms with van der Waals surface area (Å²) in [7, 11) is 2.01. The third-order valence-electron chi connectivity index (χ3n) is 4.46. The van der Waals surface area contributed by atoms with E-state index < -0.39 is 0 Å². The molecule has 1 aliphatic carbocycles. The Labute approximate surface area is 117 Å². The van der Waals surface area contributed by atoms with Crippen LogP contribution in [0.1, 0.15) is 44.9 Å². The van der Waals surface area contributed by atoms with Gasteiger partial charge in [-0.05, 0) is 57.5 Å². The minimum absolute atomic E-state index is 0. The lowest BCUT2D eigenvalue weighted by molar-refractivity contribution is -0.134. The van der Waals surface area contributed by atoms with Crippen molar-refractivity contribution in [1.82, 2.24) is 10.2 Å². The van der Waals surface area contributed by atoms with E-state index in [0.717, 1.165) is 32.0 Å². The number of hydrogen-bond acceptors (Lipinski definition) is 2. The molecular formula is C14H27ClN2O. The van der Waals surface area contributed by atoms with E-state index >= 15 is 0 Å². The molecule has 0 aromatic heterocycles. The van der Waals surface area contributed by atoms with Crippen LogP contribution in [0.3, 0.4) is 0 Å². The minimum Gasteiger partial charge on any atom is -0.343 e. The molecule has 0 aromatic rings. The molecule has 1 heterocycles. The topological polar surface area (TPSA) is 32.3 Å². The van der Waals surface area contributed by atoms with Crippen molar-refractivity contribution >= 4 is 18.3 Å². The predicted molar refractivity (Wildman–Crippen MR) is 77.1 cm³/mol. The van der Waals surface area contributed by atoms with Crippen molar-refractivity contribution in [2.75, 3.05) is 26.7 Å². The van der Waals surface area contributed by atoms with Crippen molar-refractivity contribution < 1.29 is 4.79 Å². The largest absolute Gasteiger partial charge is 0.343 e. The van der Waals surface area contributed by atoms with Crippen molar-refractivity contribution in [3.8, 4) is 0 Å². The van der Waals surface area contributed by atoms with Crippen molar-refractivity contribution in [3.05, 3.63) is 0 Å². The number of halogens is 1. The van der Waals surface area contributed by atoms with E-state index in [0.29, 0.717) is 11.8 Å². The van der Waals surface area contributed by atoms with Gasteiger partial charge in [0.05, 0.1) is 0 Å². The fourth-order valence-corrected chi connectivity index (χ4v) is 2.89. The highest BCUT2D eigenvalue weighted by Gasteiger charge is 2.26. The molecule has 1 amide bonds. The van der Waals surface area contributed by atoms with Crippen LogP contribution in [0.5, 0.6) is 0 Å². The number of nitrogens with one attached hydrogen (secondary N) is 1. The van der Waals surface area contributed by atoms with E-state index in [1.54, 1.807) is 0 Å². The lowest BCUT2D eigenvalue weighted by atomic mass is 9.82. The molecule has 106 valence electrons. The van der Waals surface area contributed by atoms with E-state index in [1.165, 1.54) is 38.5 Å². The zero-order valence-corrected chi connectivity index (χ0v) is 12.3. The van der Waals surface area contributed by atoms with Crippen LogP contribution < -0.4 is 5.32 Å². The molecule has 4 heteroatoms. The van der Waals surface area contributed by atoms with Crippen LogP contribution in [0.15, 0.2) is 0 Å². The molecular weight excluding hydrogens is 248 g/mol. The Balaban J connectivity index is 0.00000162. The van der Waals surface area contributed by atoms with Gasteiger partial charge in [0.2, 0.25) is 5.91 Å². The Kier molecular flexibility index (Phi) is 7.02. The number of likely N-dealkylation sites (tertiary alicyclic amines) is 1. The third kappa shape index (κ3) is 4.43. The molecule has 2 fully saturated rings. The molecule has 0 atom stereocenters. The number of amides is 1. The summed E-state index contributed by atoms with van der Waals surface area (Å²) in [5.41, 5.74) is 0. The van der Waals surface area contributed by atoms with E-state index in [9.17, 15) is 4.79 Å². The third-order valence-corrected chi connectivity index (χ3v) is 4.46. The normalized spacial score (nSPS) is 21.3. The van der Waals surface area contributed by atoms with Crippen LogP contribution in [0.25, 0.3) is 0 Å². The van der Waals surface area contributed by atoms with Crippen LogP contribution in [0, 0.1) is 11.8 Å². The molecule has 0 aromatic carbocycles. The molecule has 0 unspecified atom stereocenters. The predicted octanol–water partition coefficient (Wildman–Crippen LogP) is 2.45. The van der Waals surface area contributed by atoms with Crippen LogP contribution in [0.4, 0.5) is 0 Å². The molecule has 1 aliphatic heterocycles. The van der Waals surface area contributed by atoms with Gasteiger partial charge in [-0.25, -0.2) is 0 Å². The van der Waals surface area contributed by atoms with Crippen molar-refractivity contribution in [1.29, 1.82) is 0 Å². The van der Waals surface area contributed by atoms with Gasteiger partial charge >= 0.3 is 0 Å². The fourth-order valence-electron chi connectivity index (χ4n) is 2.89. The summed E-state index contributed by atoms with van der Waals surface area (Å²) >= 11 is 0. The summed E-state index contributed by atoms with van der Waals surface area (Å²) in [6, 6.07) is 0. The summed E-state index contributed by atoms with van der Waals surface area (Å²) in [5.74, 6) is 1.96. The first-order valence-electron chi connectivity index (χ1n) is 7.22. The number of rotatable bonds is 5. The van der Waals surface area contributed by atoms with Crippen LogP contribution in [-0.4, -0.2) is 37.5 Å². The Hall–Kier alpha value is -0.280. The van der Waals surface area contributed by atoms with Gasteiger partial charge in [0.1, 0.15) is 0 Å². The average Bonchev–Trinajstić information content (AvgIpc) is 2.31. The second-order valence-electron chi connectivity index (χ2n) is 5.72. The van der Waals surface area contributed by atoms with Crippen LogP contribution >= 0.6 is 12.4 Å². The van der Waals surface area contributed by atoms with Crippen molar-refractivity contribution in [3.63, 3.8) is 0 Å². The standard InChI is InChI=1S/C14H26N2O.ClH/c1-15-8-5-12-6-9-16(10-7-12)14(17)11-13-3-2-4-13;/h12-13,15H,2-11H2,1H3;1H. The lowest BCUT2D eigenvalue weighted by Crippen LogP contribution is -2.40. The van der Waals surface area contributed by atoms with Gasteiger partial charge in [-0.15, -0.1) is 12.4 Å². The first-order chi connectivity index (χ1) is 8.29. The lowest BCUT2D eigenvalue weighted by Gasteiger charge is -2.34. The van der Waals surface area contributed by atoms with E-state index in [1.807, 2.05) is 7.05 Å². The maximum absolute atomic E-state index is 12.0. The second kappa shape index (κ2) is 8.00. The molecule has 18 heavy (non-hydrogen) atoms. The molecule has 1 saturated carbocycles. The Morgan fingerprint density at radius 1 is 1.17 bits per heavy atom. The van der Waals surface area contributed by atoms with Gasteiger partial charge in [-0.3, -0.25) is 4.79 Å². The zero-order valence-electron chi connectivity index (χ0n) is 11.5. The highest BCUT2D eigenvalue weighted by molar-refractivity contribution is 5.85. The summed E-state index contributed by atoms with van der Waals surface area (Å²) < 4.78 is 0. The Morgan fingerprint density at radius 3 is 2.33 bits per heavy atom. The number of piperidine rings is 1. The van der Waals surface area contributed by atoms with E-state index in [2.05, 4.69) is 10.2 Å². The molecule has 2 aliphatic rings. The van der Waals surface area contributed by atoms with Gasteiger partial charge in [0, 0.05) is 19.5 Å². The highest BCUT2D eigenvalue weighted by atomic mass is 35.5. The Bertz CT molecular complexity index is 248. The van der Waals surface area contributed by atoms with E-state index in [-0.39, 0.29) is 12.4 Å². The number of hydrogen-bond donors (Lipinski definition) is 1. The average molecular weight is 275 g/mol. The summed E-state index contributed by atoms with van der Waals surface area (Å²) in [4.78, 5) is 14.1. The molecule has 1 saturated heterocycles. The molecule has 0 spiro atoms.